The minimum Gasteiger partial charge on any atom is -0.489 e. The van der Waals surface area contributed by atoms with Gasteiger partial charge in [-0.05, 0) is 31.9 Å². The van der Waals surface area contributed by atoms with Crippen molar-refractivity contribution in [1.29, 1.82) is 0 Å². The average molecular weight is 233 g/mol. The van der Waals surface area contributed by atoms with E-state index in [-0.39, 0.29) is 11.5 Å². The smallest absolute Gasteiger partial charge is 0.138 e. The minimum absolute atomic E-state index is 0.0551. The summed E-state index contributed by atoms with van der Waals surface area (Å²) in [7, 11) is 0. The van der Waals surface area contributed by atoms with Gasteiger partial charge in [0.2, 0.25) is 0 Å². The van der Waals surface area contributed by atoms with Gasteiger partial charge in [0, 0.05) is 24.5 Å². The lowest BCUT2D eigenvalue weighted by Crippen LogP contribution is -2.18. The molecule has 0 aliphatic heterocycles. The number of nitrogens with zero attached hydrogens (tertiary/aromatic N) is 1. The number of ether oxygens (including phenoxy) is 1. The molecule has 1 aliphatic carbocycles. The van der Waals surface area contributed by atoms with Gasteiger partial charge in [0.15, 0.2) is 0 Å². The van der Waals surface area contributed by atoms with E-state index in [9.17, 15) is 4.79 Å². The maximum Gasteiger partial charge on any atom is 0.138 e. The van der Waals surface area contributed by atoms with E-state index in [1.54, 1.807) is 6.20 Å². The SMILES string of the molecule is CC(C)Oc1cncc(C2(C)CCC(=O)C2)c1. The van der Waals surface area contributed by atoms with E-state index in [1.807, 2.05) is 26.1 Å². The number of hydrogen-bond acceptors (Lipinski definition) is 3. The zero-order valence-electron chi connectivity index (χ0n) is 10.7. The zero-order valence-corrected chi connectivity index (χ0v) is 10.7. The average Bonchev–Trinajstić information content (AvgIpc) is 2.59. The number of carbonyl (C=O) groups excluding carboxylic acids is 1. The lowest BCUT2D eigenvalue weighted by atomic mass is 9.82. The number of rotatable bonds is 3. The summed E-state index contributed by atoms with van der Waals surface area (Å²) in [5, 5.41) is 0. The Labute approximate surface area is 102 Å². The molecule has 0 bridgehead atoms. The number of carbonyl (C=O) groups is 1. The van der Waals surface area contributed by atoms with Crippen LogP contribution in [0.1, 0.15) is 45.6 Å². The maximum absolute atomic E-state index is 11.4. The number of Topliss-reactive ketones (excluding diaryl/α,β-unsaturated/α-hetero) is 1. The van der Waals surface area contributed by atoms with Crippen LogP contribution in [-0.4, -0.2) is 16.9 Å². The Balaban J connectivity index is 2.24. The number of hydrogen-bond donors (Lipinski definition) is 0. The third-order valence-electron chi connectivity index (χ3n) is 3.32. The Kier molecular flexibility index (Phi) is 3.18. The van der Waals surface area contributed by atoms with Gasteiger partial charge in [0.25, 0.3) is 0 Å². The zero-order chi connectivity index (χ0) is 12.5. The number of pyridine rings is 1. The van der Waals surface area contributed by atoms with Crippen LogP contribution in [0.2, 0.25) is 0 Å². The van der Waals surface area contributed by atoms with Crippen LogP contribution in [0.15, 0.2) is 18.5 Å². The fourth-order valence-corrected chi connectivity index (χ4v) is 2.36. The molecule has 0 aromatic carbocycles. The summed E-state index contributed by atoms with van der Waals surface area (Å²) in [5.74, 6) is 1.14. The third-order valence-corrected chi connectivity index (χ3v) is 3.32. The van der Waals surface area contributed by atoms with Crippen LogP contribution in [-0.2, 0) is 10.2 Å². The molecule has 1 atom stereocenters. The summed E-state index contributed by atoms with van der Waals surface area (Å²) in [6, 6.07) is 2.02. The van der Waals surface area contributed by atoms with Crippen molar-refractivity contribution in [3.8, 4) is 5.75 Å². The number of ketones is 1. The second-order valence-corrected chi connectivity index (χ2v) is 5.35. The van der Waals surface area contributed by atoms with Crippen molar-refractivity contribution in [2.45, 2.75) is 51.6 Å². The lowest BCUT2D eigenvalue weighted by Gasteiger charge is -2.23. The highest BCUT2D eigenvalue weighted by molar-refractivity contribution is 5.82. The summed E-state index contributed by atoms with van der Waals surface area (Å²) >= 11 is 0. The van der Waals surface area contributed by atoms with Crippen LogP contribution >= 0.6 is 0 Å². The molecule has 92 valence electrons. The molecule has 1 aromatic heterocycles. The van der Waals surface area contributed by atoms with Crippen molar-refractivity contribution in [2.75, 3.05) is 0 Å². The molecule has 3 heteroatoms. The quantitative estimate of drug-likeness (QED) is 0.805. The van der Waals surface area contributed by atoms with Gasteiger partial charge < -0.3 is 4.74 Å². The predicted octanol–water partition coefficient (Wildman–Crippen LogP) is 2.88. The van der Waals surface area contributed by atoms with Crippen LogP contribution in [0.4, 0.5) is 0 Å². The number of aromatic nitrogens is 1. The van der Waals surface area contributed by atoms with E-state index < -0.39 is 0 Å². The first-order valence-electron chi connectivity index (χ1n) is 6.13. The van der Waals surface area contributed by atoms with Crippen molar-refractivity contribution < 1.29 is 9.53 Å². The highest BCUT2D eigenvalue weighted by atomic mass is 16.5. The van der Waals surface area contributed by atoms with Crippen LogP contribution in [0.3, 0.4) is 0 Å². The van der Waals surface area contributed by atoms with Crippen LogP contribution < -0.4 is 4.74 Å². The van der Waals surface area contributed by atoms with Crippen LogP contribution in [0, 0.1) is 0 Å². The van der Waals surface area contributed by atoms with Crippen molar-refractivity contribution in [1.82, 2.24) is 4.98 Å². The lowest BCUT2D eigenvalue weighted by molar-refractivity contribution is -0.117. The van der Waals surface area contributed by atoms with Crippen molar-refractivity contribution in [3.63, 3.8) is 0 Å². The van der Waals surface area contributed by atoms with Gasteiger partial charge in [-0.2, -0.15) is 0 Å². The van der Waals surface area contributed by atoms with Crippen LogP contribution in [0.5, 0.6) is 5.75 Å². The first kappa shape index (κ1) is 12.1. The fourth-order valence-electron chi connectivity index (χ4n) is 2.36. The maximum atomic E-state index is 11.4. The Morgan fingerprint density at radius 2 is 2.18 bits per heavy atom. The van der Waals surface area contributed by atoms with E-state index >= 15 is 0 Å². The summed E-state index contributed by atoms with van der Waals surface area (Å²) in [5.41, 5.74) is 1.06. The summed E-state index contributed by atoms with van der Waals surface area (Å²) in [4.78, 5) is 15.7. The van der Waals surface area contributed by atoms with Gasteiger partial charge in [-0.15, -0.1) is 0 Å². The Morgan fingerprint density at radius 3 is 2.76 bits per heavy atom. The normalized spacial score (nSPS) is 24.4. The van der Waals surface area contributed by atoms with E-state index in [2.05, 4.69) is 11.9 Å². The van der Waals surface area contributed by atoms with E-state index in [1.165, 1.54) is 0 Å². The Hall–Kier alpha value is -1.38. The molecule has 1 heterocycles. The molecular weight excluding hydrogens is 214 g/mol. The van der Waals surface area contributed by atoms with Gasteiger partial charge in [-0.1, -0.05) is 6.92 Å². The van der Waals surface area contributed by atoms with Crippen LogP contribution in [0.25, 0.3) is 0 Å². The van der Waals surface area contributed by atoms with Gasteiger partial charge in [-0.25, -0.2) is 0 Å². The molecule has 1 unspecified atom stereocenters. The standard InChI is InChI=1S/C14H19NO2/c1-10(2)17-13-6-11(8-15-9-13)14(3)5-4-12(16)7-14/h6,8-10H,4-5,7H2,1-3H3. The molecule has 2 rings (SSSR count). The first-order chi connectivity index (χ1) is 7.99. The second-order valence-electron chi connectivity index (χ2n) is 5.35. The summed E-state index contributed by atoms with van der Waals surface area (Å²) in [6.07, 6.45) is 5.95. The molecule has 0 N–H and O–H groups in total. The highest BCUT2D eigenvalue weighted by Gasteiger charge is 2.35. The van der Waals surface area contributed by atoms with Crippen molar-refractivity contribution >= 4 is 5.78 Å². The third kappa shape index (κ3) is 2.65. The Bertz CT molecular complexity index is 428. The molecule has 1 aromatic rings. The van der Waals surface area contributed by atoms with E-state index in [0.717, 1.165) is 17.7 Å². The molecule has 0 radical (unpaired) electrons. The molecule has 1 fully saturated rings. The van der Waals surface area contributed by atoms with Gasteiger partial charge >= 0.3 is 0 Å². The molecule has 0 spiro atoms. The highest BCUT2D eigenvalue weighted by Crippen LogP contribution is 2.39. The van der Waals surface area contributed by atoms with E-state index in [0.29, 0.717) is 18.6 Å². The Morgan fingerprint density at radius 1 is 1.41 bits per heavy atom. The summed E-state index contributed by atoms with van der Waals surface area (Å²) < 4.78 is 5.64. The van der Waals surface area contributed by atoms with Gasteiger partial charge in [-0.3, -0.25) is 9.78 Å². The molecule has 1 aliphatic rings. The molecule has 0 amide bonds. The molecule has 0 saturated heterocycles. The van der Waals surface area contributed by atoms with Gasteiger partial charge in [0.05, 0.1) is 12.3 Å². The minimum atomic E-state index is -0.0551. The predicted molar refractivity (Wildman–Crippen MR) is 66.2 cm³/mol. The first-order valence-corrected chi connectivity index (χ1v) is 6.13. The van der Waals surface area contributed by atoms with E-state index in [4.69, 9.17) is 4.74 Å². The van der Waals surface area contributed by atoms with Crippen molar-refractivity contribution in [3.05, 3.63) is 24.0 Å². The van der Waals surface area contributed by atoms with Crippen molar-refractivity contribution in [2.24, 2.45) is 0 Å². The monoisotopic (exact) mass is 233 g/mol. The molecular formula is C14H19NO2. The topological polar surface area (TPSA) is 39.2 Å². The fraction of sp³-hybridized carbons (Fsp3) is 0.571. The summed E-state index contributed by atoms with van der Waals surface area (Å²) in [6.45, 7) is 6.12. The second kappa shape index (κ2) is 4.47. The molecule has 3 nitrogen and oxygen atoms in total. The largest absolute Gasteiger partial charge is 0.489 e. The molecule has 1 saturated carbocycles. The van der Waals surface area contributed by atoms with Gasteiger partial charge in [0.1, 0.15) is 11.5 Å². The molecule has 17 heavy (non-hydrogen) atoms.